The molecule has 7 nitrogen and oxygen atoms in total. The van der Waals surface area contributed by atoms with Crippen molar-refractivity contribution in [2.45, 2.75) is 18.6 Å². The normalized spacial score (nSPS) is 16.4. The van der Waals surface area contributed by atoms with Crippen molar-refractivity contribution < 1.29 is 36.6 Å². The van der Waals surface area contributed by atoms with Gasteiger partial charge in [-0.2, -0.15) is 13.2 Å². The number of likely N-dealkylation sites (N-methyl/N-ethyl adjacent to an activating group) is 1. The summed E-state index contributed by atoms with van der Waals surface area (Å²) in [6.45, 7) is 0.736. The largest absolute Gasteiger partial charge is 0.491 e. The highest BCUT2D eigenvalue weighted by Crippen LogP contribution is 2.29. The van der Waals surface area contributed by atoms with Crippen LogP contribution in [-0.2, 0) is 14.3 Å². The molecule has 1 saturated heterocycles. The molecule has 0 N–H and O–H groups in total. The molecule has 1 unspecified atom stereocenters. The average Bonchev–Trinajstić information content (AvgIpc) is 3.23. The lowest BCUT2D eigenvalue weighted by Crippen LogP contribution is -2.35. The number of rotatable bonds is 4. The highest BCUT2D eigenvalue weighted by Gasteiger charge is 2.43. The second-order valence-electron chi connectivity index (χ2n) is 6.39. The SMILES string of the molecule is CN(c1nnc(-c2cc(Cl)ccc2F)cc1C(=O)OC(=O)C(F)(F)F)C1CCOC1. The monoisotopic (exact) mass is 447 g/mol. The zero-order valence-electron chi connectivity index (χ0n) is 15.4. The average molecular weight is 448 g/mol. The predicted molar refractivity (Wildman–Crippen MR) is 96.5 cm³/mol. The van der Waals surface area contributed by atoms with Gasteiger partial charge in [0.05, 0.1) is 18.3 Å². The molecule has 0 bridgehead atoms. The van der Waals surface area contributed by atoms with Gasteiger partial charge in [-0.25, -0.2) is 14.0 Å². The molecule has 12 heteroatoms. The number of esters is 2. The van der Waals surface area contributed by atoms with Crippen LogP contribution in [-0.4, -0.2) is 54.6 Å². The van der Waals surface area contributed by atoms with Gasteiger partial charge in [0.1, 0.15) is 11.4 Å². The maximum absolute atomic E-state index is 14.2. The summed E-state index contributed by atoms with van der Waals surface area (Å²) in [6.07, 6.45) is -4.80. The number of halogens is 5. The molecule has 3 rings (SSSR count). The summed E-state index contributed by atoms with van der Waals surface area (Å²) >= 11 is 5.86. The Balaban J connectivity index is 2.05. The molecular formula is C18H14ClF4N3O4. The molecule has 160 valence electrons. The van der Waals surface area contributed by atoms with Gasteiger partial charge in [-0.15, -0.1) is 10.2 Å². The first-order valence-corrected chi connectivity index (χ1v) is 8.92. The number of hydrogen-bond acceptors (Lipinski definition) is 7. The van der Waals surface area contributed by atoms with Crippen LogP contribution in [0.5, 0.6) is 0 Å². The maximum Gasteiger partial charge on any atom is 0.491 e. The molecule has 1 aromatic carbocycles. The van der Waals surface area contributed by atoms with Crippen LogP contribution in [0.3, 0.4) is 0 Å². The van der Waals surface area contributed by atoms with E-state index in [1.54, 1.807) is 0 Å². The number of anilines is 1. The van der Waals surface area contributed by atoms with Crippen LogP contribution in [0, 0.1) is 5.82 Å². The van der Waals surface area contributed by atoms with Gasteiger partial charge in [0, 0.05) is 24.2 Å². The minimum absolute atomic E-state index is 0.135. The lowest BCUT2D eigenvalue weighted by molar-refractivity contribution is -0.193. The van der Waals surface area contributed by atoms with Crippen LogP contribution < -0.4 is 4.90 Å². The number of aromatic nitrogens is 2. The van der Waals surface area contributed by atoms with Crippen molar-refractivity contribution in [2.24, 2.45) is 0 Å². The first-order chi connectivity index (χ1) is 14.1. The molecule has 0 aliphatic carbocycles. The van der Waals surface area contributed by atoms with E-state index in [0.29, 0.717) is 19.6 Å². The van der Waals surface area contributed by atoms with Crippen molar-refractivity contribution in [1.82, 2.24) is 10.2 Å². The number of alkyl halides is 3. The fraction of sp³-hybridized carbons (Fsp3) is 0.333. The molecule has 0 amide bonds. The van der Waals surface area contributed by atoms with E-state index in [1.165, 1.54) is 24.1 Å². The summed E-state index contributed by atoms with van der Waals surface area (Å²) in [5, 5.41) is 7.91. The van der Waals surface area contributed by atoms with E-state index < -0.39 is 29.5 Å². The quantitative estimate of drug-likeness (QED) is 0.403. The van der Waals surface area contributed by atoms with Crippen molar-refractivity contribution >= 4 is 29.4 Å². The summed E-state index contributed by atoms with van der Waals surface area (Å²) in [5.74, 6) is -5.17. The smallest absolute Gasteiger partial charge is 0.383 e. The third-order valence-corrected chi connectivity index (χ3v) is 4.64. The van der Waals surface area contributed by atoms with Crippen LogP contribution in [0.25, 0.3) is 11.3 Å². The molecule has 1 atom stereocenters. The Morgan fingerprint density at radius 1 is 1.27 bits per heavy atom. The van der Waals surface area contributed by atoms with Crippen LogP contribution in [0.2, 0.25) is 5.02 Å². The lowest BCUT2D eigenvalue weighted by Gasteiger charge is -2.25. The predicted octanol–water partition coefficient (Wildman–Crippen LogP) is 3.41. The minimum Gasteiger partial charge on any atom is -0.383 e. The van der Waals surface area contributed by atoms with E-state index in [-0.39, 0.29) is 28.1 Å². The molecule has 0 spiro atoms. The molecule has 0 saturated carbocycles. The van der Waals surface area contributed by atoms with Crippen LogP contribution in [0.4, 0.5) is 23.4 Å². The van der Waals surface area contributed by atoms with Gasteiger partial charge in [0.15, 0.2) is 5.82 Å². The molecule has 1 aromatic heterocycles. The van der Waals surface area contributed by atoms with Gasteiger partial charge >= 0.3 is 18.1 Å². The standard InChI is InChI=1S/C18H14ClF4N3O4/c1-26(10-4-5-29-8-10)15-12(16(27)30-17(28)18(21,22)23)7-14(24-25-15)11-6-9(19)2-3-13(11)20/h2-3,6-7,10H,4-5,8H2,1H3. The van der Waals surface area contributed by atoms with Crippen LogP contribution in [0.15, 0.2) is 24.3 Å². The number of nitrogens with zero attached hydrogens (tertiary/aromatic N) is 3. The molecular weight excluding hydrogens is 434 g/mol. The molecule has 1 aliphatic heterocycles. The van der Waals surface area contributed by atoms with Gasteiger partial charge in [-0.1, -0.05) is 11.6 Å². The Hall–Kier alpha value is -2.79. The van der Waals surface area contributed by atoms with Crippen molar-refractivity contribution in [1.29, 1.82) is 0 Å². The molecule has 2 aromatic rings. The van der Waals surface area contributed by atoms with E-state index in [4.69, 9.17) is 16.3 Å². The minimum atomic E-state index is -5.37. The Labute approximate surface area is 172 Å². The maximum atomic E-state index is 14.2. The molecule has 30 heavy (non-hydrogen) atoms. The molecule has 0 radical (unpaired) electrons. The van der Waals surface area contributed by atoms with Crippen molar-refractivity contribution in [2.75, 3.05) is 25.2 Å². The summed E-state index contributed by atoms with van der Waals surface area (Å²) in [5.41, 5.74) is -0.808. The first-order valence-electron chi connectivity index (χ1n) is 8.55. The molecule has 2 heterocycles. The Bertz CT molecular complexity index is 980. The van der Waals surface area contributed by atoms with Crippen LogP contribution in [0.1, 0.15) is 16.8 Å². The fourth-order valence-electron chi connectivity index (χ4n) is 2.82. The molecule has 1 fully saturated rings. The van der Waals surface area contributed by atoms with E-state index >= 15 is 0 Å². The summed E-state index contributed by atoms with van der Waals surface area (Å²) < 4.78 is 61.0. The number of carbonyl (C=O) groups is 2. The third kappa shape index (κ3) is 4.68. The van der Waals surface area contributed by atoms with Gasteiger partial charge in [0.2, 0.25) is 0 Å². The van der Waals surface area contributed by atoms with Crippen molar-refractivity contribution in [3.63, 3.8) is 0 Å². The van der Waals surface area contributed by atoms with E-state index in [1.807, 2.05) is 0 Å². The summed E-state index contributed by atoms with van der Waals surface area (Å²) in [4.78, 5) is 25.0. The Morgan fingerprint density at radius 2 is 2.00 bits per heavy atom. The highest BCUT2D eigenvalue weighted by molar-refractivity contribution is 6.30. The number of benzene rings is 1. The van der Waals surface area contributed by atoms with Crippen molar-refractivity contribution in [3.8, 4) is 11.3 Å². The van der Waals surface area contributed by atoms with Crippen molar-refractivity contribution in [3.05, 3.63) is 40.7 Å². The van der Waals surface area contributed by atoms with Crippen LogP contribution >= 0.6 is 11.6 Å². The van der Waals surface area contributed by atoms with Gasteiger partial charge in [-0.3, -0.25) is 0 Å². The summed E-state index contributed by atoms with van der Waals surface area (Å²) in [7, 11) is 1.53. The second-order valence-corrected chi connectivity index (χ2v) is 6.83. The summed E-state index contributed by atoms with van der Waals surface area (Å²) in [6, 6.07) is 4.31. The third-order valence-electron chi connectivity index (χ3n) is 4.40. The first kappa shape index (κ1) is 21.9. The molecule has 1 aliphatic rings. The van der Waals surface area contributed by atoms with Gasteiger partial charge in [-0.05, 0) is 30.7 Å². The highest BCUT2D eigenvalue weighted by atomic mass is 35.5. The zero-order chi connectivity index (χ0) is 22.1. The zero-order valence-corrected chi connectivity index (χ0v) is 16.1. The van der Waals surface area contributed by atoms with E-state index in [9.17, 15) is 27.2 Å². The number of ether oxygens (including phenoxy) is 2. The van der Waals surface area contributed by atoms with E-state index in [2.05, 4.69) is 14.9 Å². The lowest BCUT2D eigenvalue weighted by atomic mass is 10.1. The fourth-order valence-corrected chi connectivity index (χ4v) is 2.99. The van der Waals surface area contributed by atoms with Gasteiger partial charge in [0.25, 0.3) is 0 Å². The number of carbonyl (C=O) groups excluding carboxylic acids is 2. The van der Waals surface area contributed by atoms with E-state index in [0.717, 1.165) is 12.1 Å². The second kappa shape index (κ2) is 8.52. The number of hydrogen-bond donors (Lipinski definition) is 0. The Morgan fingerprint density at radius 3 is 2.63 bits per heavy atom. The Kier molecular flexibility index (Phi) is 6.22. The van der Waals surface area contributed by atoms with Gasteiger partial charge < -0.3 is 14.4 Å². The topological polar surface area (TPSA) is 81.6 Å².